The molecule has 5 rings (SSSR count). The van der Waals surface area contributed by atoms with Crippen LogP contribution in [0.5, 0.6) is 0 Å². The van der Waals surface area contributed by atoms with E-state index in [9.17, 15) is 0 Å². The molecule has 0 bridgehead atoms. The highest BCUT2D eigenvalue weighted by Crippen LogP contribution is 2.40. The normalized spacial score (nSPS) is 11.7. The van der Waals surface area contributed by atoms with Crippen molar-refractivity contribution in [1.29, 1.82) is 0 Å². The van der Waals surface area contributed by atoms with Crippen molar-refractivity contribution in [3.63, 3.8) is 0 Å². The molecular weight excluding hydrogens is 352 g/mol. The van der Waals surface area contributed by atoms with E-state index in [1.165, 1.54) is 5.39 Å². The van der Waals surface area contributed by atoms with Crippen molar-refractivity contribution in [3.05, 3.63) is 52.9 Å². The third kappa shape index (κ3) is 2.03. The van der Waals surface area contributed by atoms with Crippen LogP contribution in [0.2, 0.25) is 5.02 Å². The lowest BCUT2D eigenvalue weighted by atomic mass is 10.1. The number of nitrogens with one attached hydrogen (secondary N) is 1. The zero-order valence-corrected chi connectivity index (χ0v) is 14.6. The second kappa shape index (κ2) is 5.12. The number of benzene rings is 3. The van der Waals surface area contributed by atoms with Crippen molar-refractivity contribution in [2.75, 3.05) is 11.5 Å². The second-order valence-electron chi connectivity index (χ2n) is 5.97. The van der Waals surface area contributed by atoms with E-state index in [1.54, 1.807) is 11.3 Å². The van der Waals surface area contributed by atoms with Crippen LogP contribution in [0.4, 0.5) is 11.4 Å². The summed E-state index contributed by atoms with van der Waals surface area (Å²) in [6, 6.07) is 13.5. The molecule has 5 aromatic rings. The van der Waals surface area contributed by atoms with Crippen LogP contribution in [-0.4, -0.2) is 9.97 Å². The molecule has 2 heterocycles. The van der Waals surface area contributed by atoms with Crippen molar-refractivity contribution < 1.29 is 0 Å². The smallest absolute Gasteiger partial charge is 0.142 e. The van der Waals surface area contributed by atoms with Crippen LogP contribution in [0.15, 0.2) is 47.8 Å². The molecule has 0 saturated heterocycles. The van der Waals surface area contributed by atoms with Gasteiger partial charge in [0, 0.05) is 27.2 Å². The Morgan fingerprint density at radius 3 is 2.56 bits per heavy atom. The average Bonchev–Trinajstić information content (AvgIpc) is 3.21. The molecule has 0 amide bonds. The Morgan fingerprint density at radius 1 is 0.960 bits per heavy atom. The molecule has 25 heavy (non-hydrogen) atoms. The summed E-state index contributed by atoms with van der Waals surface area (Å²) >= 11 is 7.90. The number of nitrogen functional groups attached to an aromatic ring is 2. The van der Waals surface area contributed by atoms with Crippen LogP contribution in [0.25, 0.3) is 43.3 Å². The molecule has 0 saturated carbocycles. The summed E-state index contributed by atoms with van der Waals surface area (Å²) in [5.74, 6) is 0.683. The fourth-order valence-electron chi connectivity index (χ4n) is 3.37. The van der Waals surface area contributed by atoms with E-state index in [-0.39, 0.29) is 0 Å². The van der Waals surface area contributed by atoms with Crippen molar-refractivity contribution in [2.24, 2.45) is 0 Å². The highest BCUT2D eigenvalue weighted by atomic mass is 35.5. The van der Waals surface area contributed by atoms with E-state index in [1.807, 2.05) is 36.4 Å². The zero-order chi connectivity index (χ0) is 17.1. The highest BCUT2D eigenvalue weighted by Gasteiger charge is 2.17. The number of rotatable bonds is 1. The maximum absolute atomic E-state index is 6.22. The van der Waals surface area contributed by atoms with Crippen molar-refractivity contribution >= 4 is 66.2 Å². The quantitative estimate of drug-likeness (QED) is 0.347. The number of nitrogens with zero attached hydrogens (tertiary/aromatic N) is 1. The van der Waals surface area contributed by atoms with Gasteiger partial charge in [-0.3, -0.25) is 0 Å². The van der Waals surface area contributed by atoms with Crippen LogP contribution in [0.1, 0.15) is 0 Å². The minimum Gasteiger partial charge on any atom is -0.398 e. The third-order valence-corrected chi connectivity index (χ3v) is 5.66. The number of nitrogens with two attached hydrogens (primary N) is 2. The number of imidazole rings is 1. The molecule has 0 aliphatic heterocycles. The number of aromatic nitrogens is 2. The largest absolute Gasteiger partial charge is 0.398 e. The van der Waals surface area contributed by atoms with Gasteiger partial charge in [0.2, 0.25) is 0 Å². The Bertz CT molecular complexity index is 1270. The van der Waals surface area contributed by atoms with Crippen LogP contribution in [-0.2, 0) is 0 Å². The molecule has 6 heteroatoms. The van der Waals surface area contributed by atoms with Gasteiger partial charge in [-0.2, -0.15) is 0 Å². The first-order valence-electron chi connectivity index (χ1n) is 7.76. The molecular formula is C19H13ClN4S. The summed E-state index contributed by atoms with van der Waals surface area (Å²) in [5.41, 5.74) is 16.1. The average molecular weight is 365 g/mol. The molecule has 0 unspecified atom stereocenters. The molecule has 4 nitrogen and oxygen atoms in total. The van der Waals surface area contributed by atoms with Crippen LogP contribution in [0, 0.1) is 0 Å². The fourth-order valence-corrected chi connectivity index (χ4v) is 4.46. The van der Waals surface area contributed by atoms with E-state index in [0.29, 0.717) is 22.2 Å². The van der Waals surface area contributed by atoms with E-state index in [2.05, 4.69) is 16.4 Å². The number of fused-ring (bicyclic) bond motifs is 6. The van der Waals surface area contributed by atoms with Crippen LogP contribution in [0.3, 0.4) is 0 Å². The van der Waals surface area contributed by atoms with Crippen molar-refractivity contribution in [2.45, 2.75) is 0 Å². The molecule has 0 aliphatic carbocycles. The Morgan fingerprint density at radius 2 is 1.76 bits per heavy atom. The van der Waals surface area contributed by atoms with Crippen molar-refractivity contribution in [1.82, 2.24) is 9.97 Å². The SMILES string of the molecule is Nc1cccc(N)c1-c1nc2c3ccc(Cl)cc3c3ccsc3c2[nH]1. The first kappa shape index (κ1) is 14.6. The predicted molar refractivity (Wildman–Crippen MR) is 108 cm³/mol. The lowest BCUT2D eigenvalue weighted by molar-refractivity contribution is 1.34. The molecule has 0 fully saturated rings. The Hall–Kier alpha value is -2.76. The standard InChI is InChI=1S/C19H13ClN4S/c20-9-4-5-10-12(8-9)11-6-7-25-18(11)17-16(10)23-19(24-17)15-13(21)2-1-3-14(15)22/h1-8H,21-22H2,(H,23,24). The summed E-state index contributed by atoms with van der Waals surface area (Å²) in [6.07, 6.45) is 0. The van der Waals surface area contributed by atoms with Gasteiger partial charge in [0.25, 0.3) is 0 Å². The Balaban J connectivity index is 1.96. The molecule has 5 N–H and O–H groups in total. The molecule has 0 aliphatic rings. The molecule has 0 atom stereocenters. The third-order valence-electron chi connectivity index (χ3n) is 4.49. The van der Waals surface area contributed by atoms with Gasteiger partial charge in [0.1, 0.15) is 5.82 Å². The first-order chi connectivity index (χ1) is 12.1. The summed E-state index contributed by atoms with van der Waals surface area (Å²) in [4.78, 5) is 8.28. The minimum absolute atomic E-state index is 0.605. The maximum Gasteiger partial charge on any atom is 0.142 e. The number of thiophene rings is 1. The second-order valence-corrected chi connectivity index (χ2v) is 7.33. The fraction of sp³-hybridized carbons (Fsp3) is 0. The molecule has 2 aromatic heterocycles. The van der Waals surface area contributed by atoms with E-state index >= 15 is 0 Å². The zero-order valence-electron chi connectivity index (χ0n) is 13.0. The number of hydrogen-bond acceptors (Lipinski definition) is 4. The van der Waals surface area contributed by atoms with Gasteiger partial charge in [-0.15, -0.1) is 11.3 Å². The molecule has 3 aromatic carbocycles. The van der Waals surface area contributed by atoms with Gasteiger partial charge >= 0.3 is 0 Å². The summed E-state index contributed by atoms with van der Waals surface area (Å²) in [5, 5.41) is 6.12. The van der Waals surface area contributed by atoms with Gasteiger partial charge in [0.15, 0.2) is 0 Å². The Kier molecular flexibility index (Phi) is 2.98. The van der Waals surface area contributed by atoms with Gasteiger partial charge in [-0.25, -0.2) is 4.98 Å². The lowest BCUT2D eigenvalue weighted by Crippen LogP contribution is -1.96. The molecule has 0 radical (unpaired) electrons. The van der Waals surface area contributed by atoms with Gasteiger partial charge in [0.05, 0.1) is 21.3 Å². The number of anilines is 2. The van der Waals surface area contributed by atoms with E-state index < -0.39 is 0 Å². The highest BCUT2D eigenvalue weighted by molar-refractivity contribution is 7.18. The summed E-state index contributed by atoms with van der Waals surface area (Å²) < 4.78 is 1.15. The minimum atomic E-state index is 0.605. The number of halogens is 1. The Labute approximate surface area is 152 Å². The summed E-state index contributed by atoms with van der Waals surface area (Å²) in [7, 11) is 0. The van der Waals surface area contributed by atoms with Gasteiger partial charge in [-0.1, -0.05) is 23.7 Å². The molecule has 0 spiro atoms. The predicted octanol–water partition coefficient (Wildman–Crippen LogP) is 5.42. The summed E-state index contributed by atoms with van der Waals surface area (Å²) in [6.45, 7) is 0. The van der Waals surface area contributed by atoms with Gasteiger partial charge in [-0.05, 0) is 41.1 Å². The van der Waals surface area contributed by atoms with E-state index in [0.717, 1.165) is 32.1 Å². The first-order valence-corrected chi connectivity index (χ1v) is 9.02. The number of H-pyrrole nitrogens is 1. The maximum atomic E-state index is 6.22. The number of hydrogen-bond donors (Lipinski definition) is 3. The monoisotopic (exact) mass is 364 g/mol. The molecule has 122 valence electrons. The topological polar surface area (TPSA) is 80.7 Å². The number of aromatic amines is 1. The van der Waals surface area contributed by atoms with Crippen LogP contribution < -0.4 is 11.5 Å². The van der Waals surface area contributed by atoms with Crippen LogP contribution >= 0.6 is 22.9 Å². The van der Waals surface area contributed by atoms with Gasteiger partial charge < -0.3 is 16.5 Å². The van der Waals surface area contributed by atoms with E-state index in [4.69, 9.17) is 28.1 Å². The lowest BCUT2D eigenvalue weighted by Gasteiger charge is -2.05. The van der Waals surface area contributed by atoms with Crippen molar-refractivity contribution in [3.8, 4) is 11.4 Å².